The number of amides is 2. The predicted octanol–water partition coefficient (Wildman–Crippen LogP) is 5.27. The highest BCUT2D eigenvalue weighted by atomic mass is 32.1. The number of rotatable bonds is 7. The van der Waals surface area contributed by atoms with Crippen LogP contribution in [-0.2, 0) is 16.0 Å². The van der Waals surface area contributed by atoms with Crippen LogP contribution in [0.15, 0.2) is 54.6 Å². The Labute approximate surface area is 210 Å². The quantitative estimate of drug-likeness (QED) is 0.488. The molecule has 7 heteroatoms. The Hall–Kier alpha value is -3.06. The molecule has 0 unspecified atom stereocenters. The Balaban J connectivity index is 1.56. The lowest BCUT2D eigenvalue weighted by atomic mass is 9.95. The highest BCUT2D eigenvalue weighted by molar-refractivity contribution is 7.11. The van der Waals surface area contributed by atoms with Crippen LogP contribution < -0.4 is 5.32 Å². The van der Waals surface area contributed by atoms with Crippen LogP contribution in [0.3, 0.4) is 0 Å². The summed E-state index contributed by atoms with van der Waals surface area (Å²) < 4.78 is 14.5. The summed E-state index contributed by atoms with van der Waals surface area (Å²) in [6, 6.07) is 16.7. The standard InChI is InChI=1S/C28H32FN3O2S/c1-17(2)20-10-12-22(13-11-20)27(21-8-6-5-7-9-21)31-28(34)25-14-23(29)16-32(25)26(33)15-24-18(3)35-19(4)30-24/h5-13,17,23,25,27H,14-16H2,1-4H3,(H,31,34)/t23-,25+,27+/m1/s1. The molecule has 1 N–H and O–H groups in total. The van der Waals surface area contributed by atoms with Gasteiger partial charge in [0.1, 0.15) is 12.2 Å². The molecule has 2 amide bonds. The number of hydrogen-bond acceptors (Lipinski definition) is 4. The molecule has 1 fully saturated rings. The Morgan fingerprint density at radius 3 is 2.29 bits per heavy atom. The van der Waals surface area contributed by atoms with Crippen molar-refractivity contribution in [3.63, 3.8) is 0 Å². The van der Waals surface area contributed by atoms with Gasteiger partial charge in [-0.15, -0.1) is 11.3 Å². The lowest BCUT2D eigenvalue weighted by molar-refractivity contribution is -0.138. The summed E-state index contributed by atoms with van der Waals surface area (Å²) in [6.07, 6.45) is -1.15. The van der Waals surface area contributed by atoms with Crippen molar-refractivity contribution in [2.45, 2.75) is 64.7 Å². The minimum Gasteiger partial charge on any atom is -0.343 e. The molecule has 0 spiro atoms. The topological polar surface area (TPSA) is 62.3 Å². The zero-order chi connectivity index (χ0) is 25.1. The number of nitrogens with one attached hydrogen (secondary N) is 1. The summed E-state index contributed by atoms with van der Waals surface area (Å²) in [4.78, 5) is 33.4. The normalized spacial score (nSPS) is 18.6. The first-order chi connectivity index (χ1) is 16.7. The zero-order valence-electron chi connectivity index (χ0n) is 20.6. The molecule has 3 atom stereocenters. The Kier molecular flexibility index (Phi) is 7.65. The average Bonchev–Trinajstić information content (AvgIpc) is 3.39. The van der Waals surface area contributed by atoms with Crippen LogP contribution in [0.2, 0.25) is 0 Å². The molecule has 0 bridgehead atoms. The van der Waals surface area contributed by atoms with Crippen LogP contribution in [0.25, 0.3) is 0 Å². The first kappa shape index (κ1) is 25.0. The SMILES string of the molecule is Cc1nc(CC(=O)N2C[C@H](F)C[C@H]2C(=O)N[C@@H](c2ccccc2)c2ccc(C(C)C)cc2)c(C)s1. The number of carbonyl (C=O) groups excluding carboxylic acids is 2. The maximum atomic E-state index is 14.5. The molecule has 1 aliphatic heterocycles. The molecule has 0 saturated carbocycles. The van der Waals surface area contributed by atoms with Crippen molar-refractivity contribution in [2.75, 3.05) is 6.54 Å². The molecular weight excluding hydrogens is 461 g/mol. The van der Waals surface area contributed by atoms with E-state index in [1.54, 1.807) is 0 Å². The first-order valence-corrected chi connectivity index (χ1v) is 12.9. The summed E-state index contributed by atoms with van der Waals surface area (Å²) in [5.41, 5.74) is 3.79. The highest BCUT2D eigenvalue weighted by Gasteiger charge is 2.40. The van der Waals surface area contributed by atoms with Gasteiger partial charge in [-0.3, -0.25) is 9.59 Å². The van der Waals surface area contributed by atoms with Gasteiger partial charge in [0.2, 0.25) is 11.8 Å². The molecule has 3 aromatic rings. The van der Waals surface area contributed by atoms with E-state index < -0.39 is 18.3 Å². The fourth-order valence-electron chi connectivity index (χ4n) is 4.61. The number of likely N-dealkylation sites (tertiary alicyclic amines) is 1. The second kappa shape index (κ2) is 10.7. The van der Waals surface area contributed by atoms with E-state index >= 15 is 0 Å². The number of halogens is 1. The van der Waals surface area contributed by atoms with Crippen LogP contribution in [-0.4, -0.2) is 40.5 Å². The van der Waals surface area contributed by atoms with Crippen molar-refractivity contribution < 1.29 is 14.0 Å². The fraction of sp³-hybridized carbons (Fsp3) is 0.393. The van der Waals surface area contributed by atoms with Gasteiger partial charge in [-0.1, -0.05) is 68.4 Å². The Morgan fingerprint density at radius 1 is 1.06 bits per heavy atom. The second-order valence-corrected chi connectivity index (χ2v) is 10.9. The van der Waals surface area contributed by atoms with E-state index in [9.17, 15) is 14.0 Å². The average molecular weight is 494 g/mol. The number of hydrogen-bond donors (Lipinski definition) is 1. The minimum atomic E-state index is -1.23. The smallest absolute Gasteiger partial charge is 0.243 e. The first-order valence-electron chi connectivity index (χ1n) is 12.0. The molecule has 2 aromatic carbocycles. The van der Waals surface area contributed by atoms with Crippen molar-refractivity contribution in [1.82, 2.24) is 15.2 Å². The van der Waals surface area contributed by atoms with Crippen molar-refractivity contribution in [3.05, 3.63) is 86.9 Å². The number of benzene rings is 2. The molecular formula is C28H32FN3O2S. The Bertz CT molecular complexity index is 1180. The summed E-state index contributed by atoms with van der Waals surface area (Å²) in [5, 5.41) is 4.00. The third-order valence-electron chi connectivity index (χ3n) is 6.55. The molecule has 35 heavy (non-hydrogen) atoms. The van der Waals surface area contributed by atoms with E-state index in [4.69, 9.17) is 0 Å². The van der Waals surface area contributed by atoms with Gasteiger partial charge in [-0.05, 0) is 36.5 Å². The largest absolute Gasteiger partial charge is 0.343 e. The monoisotopic (exact) mass is 493 g/mol. The fourth-order valence-corrected chi connectivity index (χ4v) is 5.44. The maximum Gasteiger partial charge on any atom is 0.243 e. The van der Waals surface area contributed by atoms with Crippen molar-refractivity contribution in [1.29, 1.82) is 0 Å². The molecule has 1 aliphatic rings. The minimum absolute atomic E-state index is 0.000442. The van der Waals surface area contributed by atoms with Gasteiger partial charge < -0.3 is 10.2 Å². The lowest BCUT2D eigenvalue weighted by Crippen LogP contribution is -2.47. The molecule has 4 rings (SSSR count). The van der Waals surface area contributed by atoms with Crippen LogP contribution in [0.1, 0.15) is 64.5 Å². The van der Waals surface area contributed by atoms with Crippen LogP contribution in [0.4, 0.5) is 4.39 Å². The van der Waals surface area contributed by atoms with Crippen LogP contribution in [0.5, 0.6) is 0 Å². The molecule has 1 aromatic heterocycles. The third kappa shape index (κ3) is 5.78. The summed E-state index contributed by atoms with van der Waals surface area (Å²) in [7, 11) is 0. The number of alkyl halides is 1. The van der Waals surface area contributed by atoms with Crippen molar-refractivity contribution in [2.24, 2.45) is 0 Å². The maximum absolute atomic E-state index is 14.5. The van der Waals surface area contributed by atoms with Gasteiger partial charge in [0.25, 0.3) is 0 Å². The lowest BCUT2D eigenvalue weighted by Gasteiger charge is -2.27. The third-order valence-corrected chi connectivity index (χ3v) is 7.48. The van der Waals surface area contributed by atoms with Gasteiger partial charge in [0.05, 0.1) is 29.7 Å². The van der Waals surface area contributed by atoms with E-state index in [2.05, 4.69) is 36.3 Å². The number of aromatic nitrogens is 1. The number of aryl methyl sites for hydroxylation is 2. The molecule has 1 saturated heterocycles. The summed E-state index contributed by atoms with van der Waals surface area (Å²) in [5.74, 6) is -0.207. The predicted molar refractivity (Wildman–Crippen MR) is 137 cm³/mol. The zero-order valence-corrected chi connectivity index (χ0v) is 21.4. The number of thiazole rings is 1. The second-order valence-electron chi connectivity index (χ2n) is 9.48. The van der Waals surface area contributed by atoms with Crippen molar-refractivity contribution >= 4 is 23.2 Å². The van der Waals surface area contributed by atoms with Crippen LogP contribution in [0, 0.1) is 13.8 Å². The van der Waals surface area contributed by atoms with Gasteiger partial charge >= 0.3 is 0 Å². The van der Waals surface area contributed by atoms with Gasteiger partial charge in [-0.2, -0.15) is 0 Å². The van der Waals surface area contributed by atoms with E-state index in [0.29, 0.717) is 11.6 Å². The van der Waals surface area contributed by atoms with Gasteiger partial charge in [-0.25, -0.2) is 9.37 Å². The van der Waals surface area contributed by atoms with Gasteiger partial charge in [0, 0.05) is 11.3 Å². The summed E-state index contributed by atoms with van der Waals surface area (Å²) >= 11 is 1.53. The van der Waals surface area contributed by atoms with Gasteiger partial charge in [0.15, 0.2) is 0 Å². The van der Waals surface area contributed by atoms with E-state index in [1.807, 2.05) is 56.3 Å². The van der Waals surface area contributed by atoms with Crippen LogP contribution >= 0.6 is 11.3 Å². The Morgan fingerprint density at radius 2 is 1.69 bits per heavy atom. The number of carbonyl (C=O) groups is 2. The molecule has 0 aliphatic carbocycles. The molecule has 5 nitrogen and oxygen atoms in total. The molecule has 2 heterocycles. The van der Waals surface area contributed by atoms with Crippen molar-refractivity contribution in [3.8, 4) is 0 Å². The summed E-state index contributed by atoms with van der Waals surface area (Å²) in [6.45, 7) is 8.03. The van der Waals surface area contributed by atoms with E-state index in [1.165, 1.54) is 21.8 Å². The molecule has 0 radical (unpaired) electrons. The molecule has 184 valence electrons. The van der Waals surface area contributed by atoms with E-state index in [-0.39, 0.29) is 31.2 Å². The van der Waals surface area contributed by atoms with E-state index in [0.717, 1.165) is 21.0 Å². The number of nitrogens with zero attached hydrogens (tertiary/aromatic N) is 2. The highest BCUT2D eigenvalue weighted by Crippen LogP contribution is 2.28.